The minimum Gasteiger partial charge on any atom is -0.369 e. The Kier molecular flexibility index (Phi) is 2.22. The fraction of sp³-hybridized carbons (Fsp3) is 0.467. The summed E-state index contributed by atoms with van der Waals surface area (Å²) >= 11 is 0. The van der Waals surface area contributed by atoms with Gasteiger partial charge in [-0.25, -0.2) is 4.98 Å². The number of aromatic nitrogens is 2. The lowest BCUT2D eigenvalue weighted by atomic mass is 10.0. The number of nitrogen functional groups attached to an aromatic ring is 1. The van der Waals surface area contributed by atoms with Crippen LogP contribution in [0.1, 0.15) is 25.7 Å². The van der Waals surface area contributed by atoms with Gasteiger partial charge >= 0.3 is 0 Å². The van der Waals surface area contributed by atoms with E-state index in [1.165, 1.54) is 25.7 Å². The van der Waals surface area contributed by atoms with Gasteiger partial charge in [-0.3, -0.25) is 0 Å². The first-order valence-corrected chi connectivity index (χ1v) is 7.03. The van der Waals surface area contributed by atoms with E-state index in [-0.39, 0.29) is 0 Å². The Labute approximate surface area is 112 Å². The highest BCUT2D eigenvalue weighted by molar-refractivity contribution is 5.89. The average molecular weight is 254 g/mol. The van der Waals surface area contributed by atoms with Crippen LogP contribution in [0.15, 0.2) is 24.3 Å². The Hall–Kier alpha value is -1.84. The number of hydrogen-bond donors (Lipinski definition) is 2. The van der Waals surface area contributed by atoms with Crippen LogP contribution in [0.2, 0.25) is 0 Å². The van der Waals surface area contributed by atoms with Gasteiger partial charge in [0, 0.05) is 11.9 Å². The van der Waals surface area contributed by atoms with Crippen LogP contribution in [0.3, 0.4) is 0 Å². The smallest absolute Gasteiger partial charge is 0.222 e. The highest BCUT2D eigenvalue weighted by Crippen LogP contribution is 2.61. The SMILES string of the molecule is Nc1nc(NCC2(C3CC3)CC2)c2ccccc2n1. The van der Waals surface area contributed by atoms with Gasteiger partial charge in [0.2, 0.25) is 5.95 Å². The van der Waals surface area contributed by atoms with E-state index in [1.807, 2.05) is 24.3 Å². The summed E-state index contributed by atoms with van der Waals surface area (Å²) in [6.45, 7) is 1.03. The van der Waals surface area contributed by atoms with E-state index in [0.717, 1.165) is 29.2 Å². The Morgan fingerprint density at radius 1 is 1.21 bits per heavy atom. The van der Waals surface area contributed by atoms with E-state index in [9.17, 15) is 0 Å². The zero-order chi connectivity index (χ0) is 12.9. The summed E-state index contributed by atoms with van der Waals surface area (Å²) in [6.07, 6.45) is 5.55. The summed E-state index contributed by atoms with van der Waals surface area (Å²) in [5, 5.41) is 4.58. The van der Waals surface area contributed by atoms with E-state index in [2.05, 4.69) is 15.3 Å². The molecule has 0 saturated heterocycles. The van der Waals surface area contributed by atoms with Crippen LogP contribution in [0.5, 0.6) is 0 Å². The van der Waals surface area contributed by atoms with Gasteiger partial charge in [-0.15, -0.1) is 0 Å². The first-order valence-electron chi connectivity index (χ1n) is 7.03. The number of nitrogens with one attached hydrogen (secondary N) is 1. The number of nitrogens with zero attached hydrogens (tertiary/aromatic N) is 2. The van der Waals surface area contributed by atoms with Crippen LogP contribution >= 0.6 is 0 Å². The van der Waals surface area contributed by atoms with Crippen molar-refractivity contribution in [3.8, 4) is 0 Å². The minimum absolute atomic E-state index is 0.345. The third-order valence-corrected chi connectivity index (χ3v) is 4.56. The molecule has 0 atom stereocenters. The third-order valence-electron chi connectivity index (χ3n) is 4.56. The Morgan fingerprint density at radius 3 is 2.74 bits per heavy atom. The number of rotatable bonds is 4. The van der Waals surface area contributed by atoms with Crippen molar-refractivity contribution in [2.45, 2.75) is 25.7 Å². The standard InChI is InChI=1S/C15H18N4/c16-14-18-12-4-2-1-3-11(12)13(19-14)17-9-15(7-8-15)10-5-6-10/h1-4,10H,5-9H2,(H3,16,17,18,19). The van der Waals surface area contributed by atoms with Gasteiger partial charge < -0.3 is 11.1 Å². The number of benzene rings is 1. The molecule has 2 aliphatic rings. The van der Waals surface area contributed by atoms with Gasteiger partial charge in [-0.1, -0.05) is 12.1 Å². The molecule has 0 aliphatic heterocycles. The highest BCUT2D eigenvalue weighted by atomic mass is 15.1. The lowest BCUT2D eigenvalue weighted by Crippen LogP contribution is -2.18. The number of anilines is 2. The summed E-state index contributed by atoms with van der Waals surface area (Å²) in [5.74, 6) is 2.18. The molecule has 4 nitrogen and oxygen atoms in total. The second-order valence-electron chi connectivity index (χ2n) is 5.94. The number of fused-ring (bicyclic) bond motifs is 1. The molecule has 4 rings (SSSR count). The van der Waals surface area contributed by atoms with Gasteiger partial charge in [0.1, 0.15) is 5.82 Å². The van der Waals surface area contributed by atoms with E-state index in [0.29, 0.717) is 11.4 Å². The lowest BCUT2D eigenvalue weighted by molar-refractivity contribution is 0.466. The Balaban J connectivity index is 1.63. The first-order chi connectivity index (χ1) is 9.27. The second kappa shape index (κ2) is 3.83. The van der Waals surface area contributed by atoms with E-state index in [1.54, 1.807) is 0 Å². The Bertz CT molecular complexity index is 629. The fourth-order valence-corrected chi connectivity index (χ4v) is 3.07. The molecular formula is C15H18N4. The van der Waals surface area contributed by atoms with Gasteiger partial charge in [0.25, 0.3) is 0 Å². The maximum absolute atomic E-state index is 5.79. The molecule has 0 amide bonds. The second-order valence-corrected chi connectivity index (χ2v) is 5.94. The summed E-state index contributed by atoms with van der Waals surface area (Å²) in [4.78, 5) is 8.64. The van der Waals surface area contributed by atoms with Crippen LogP contribution < -0.4 is 11.1 Å². The Morgan fingerprint density at radius 2 is 2.00 bits per heavy atom. The molecule has 1 aromatic carbocycles. The van der Waals surface area contributed by atoms with E-state index in [4.69, 9.17) is 5.73 Å². The normalized spacial score (nSPS) is 20.4. The van der Waals surface area contributed by atoms with Crippen LogP contribution in [-0.4, -0.2) is 16.5 Å². The van der Waals surface area contributed by atoms with Crippen LogP contribution in [0.25, 0.3) is 10.9 Å². The average Bonchev–Trinajstić information content (AvgIpc) is 3.27. The van der Waals surface area contributed by atoms with Crippen LogP contribution in [-0.2, 0) is 0 Å². The first kappa shape index (κ1) is 11.0. The molecule has 1 aromatic heterocycles. The molecular weight excluding hydrogens is 236 g/mol. The van der Waals surface area contributed by atoms with Gasteiger partial charge in [0.15, 0.2) is 0 Å². The molecule has 1 heterocycles. The van der Waals surface area contributed by atoms with Crippen molar-refractivity contribution in [3.05, 3.63) is 24.3 Å². The van der Waals surface area contributed by atoms with Crippen molar-refractivity contribution in [2.75, 3.05) is 17.6 Å². The molecule has 3 N–H and O–H groups in total. The molecule has 2 saturated carbocycles. The van der Waals surface area contributed by atoms with Crippen molar-refractivity contribution in [1.82, 2.24) is 9.97 Å². The van der Waals surface area contributed by atoms with Crippen LogP contribution in [0, 0.1) is 11.3 Å². The summed E-state index contributed by atoms with van der Waals surface area (Å²) in [5.41, 5.74) is 7.26. The number of para-hydroxylation sites is 1. The molecule has 0 unspecified atom stereocenters. The van der Waals surface area contributed by atoms with Crippen molar-refractivity contribution in [3.63, 3.8) is 0 Å². The zero-order valence-electron chi connectivity index (χ0n) is 10.9. The fourth-order valence-electron chi connectivity index (χ4n) is 3.07. The van der Waals surface area contributed by atoms with Crippen molar-refractivity contribution >= 4 is 22.7 Å². The quantitative estimate of drug-likeness (QED) is 0.880. The predicted octanol–water partition coefficient (Wildman–Crippen LogP) is 2.81. The number of hydrogen-bond acceptors (Lipinski definition) is 4. The van der Waals surface area contributed by atoms with Gasteiger partial charge in [0.05, 0.1) is 5.52 Å². The van der Waals surface area contributed by atoms with E-state index < -0.39 is 0 Å². The highest BCUT2D eigenvalue weighted by Gasteiger charge is 2.53. The molecule has 4 heteroatoms. The number of nitrogens with two attached hydrogens (primary N) is 1. The molecule has 0 bridgehead atoms. The molecule has 2 fully saturated rings. The lowest BCUT2D eigenvalue weighted by Gasteiger charge is -2.16. The van der Waals surface area contributed by atoms with E-state index >= 15 is 0 Å². The monoisotopic (exact) mass is 254 g/mol. The zero-order valence-corrected chi connectivity index (χ0v) is 10.9. The summed E-state index contributed by atoms with van der Waals surface area (Å²) < 4.78 is 0. The maximum Gasteiger partial charge on any atom is 0.222 e. The van der Waals surface area contributed by atoms with Gasteiger partial charge in [-0.2, -0.15) is 4.98 Å². The largest absolute Gasteiger partial charge is 0.369 e. The van der Waals surface area contributed by atoms with Crippen molar-refractivity contribution in [1.29, 1.82) is 0 Å². The molecule has 0 spiro atoms. The summed E-state index contributed by atoms with van der Waals surface area (Å²) in [6, 6.07) is 8.02. The third kappa shape index (κ3) is 1.91. The van der Waals surface area contributed by atoms with Crippen molar-refractivity contribution < 1.29 is 0 Å². The maximum atomic E-state index is 5.79. The summed E-state index contributed by atoms with van der Waals surface area (Å²) in [7, 11) is 0. The molecule has 2 aliphatic carbocycles. The predicted molar refractivity (Wildman–Crippen MR) is 76.8 cm³/mol. The topological polar surface area (TPSA) is 63.8 Å². The molecule has 19 heavy (non-hydrogen) atoms. The molecule has 2 aromatic rings. The van der Waals surface area contributed by atoms with Crippen LogP contribution in [0.4, 0.5) is 11.8 Å². The minimum atomic E-state index is 0.345. The molecule has 98 valence electrons. The van der Waals surface area contributed by atoms with Crippen molar-refractivity contribution in [2.24, 2.45) is 11.3 Å². The molecule has 0 radical (unpaired) electrons. The van der Waals surface area contributed by atoms with Gasteiger partial charge in [-0.05, 0) is 49.1 Å².